The molecular weight excluding hydrogens is 344 g/mol. The van der Waals surface area contributed by atoms with Crippen LogP contribution in [0.3, 0.4) is 0 Å². The highest BCUT2D eigenvalue weighted by Crippen LogP contribution is 2.19. The van der Waals surface area contributed by atoms with Gasteiger partial charge >= 0.3 is 5.97 Å². The maximum Gasteiger partial charge on any atom is 0.328 e. The van der Waals surface area contributed by atoms with Crippen molar-refractivity contribution in [2.45, 2.75) is 18.9 Å². The van der Waals surface area contributed by atoms with Gasteiger partial charge in [0.05, 0.1) is 20.6 Å². The van der Waals surface area contributed by atoms with Crippen LogP contribution in [0.1, 0.15) is 11.1 Å². The molecule has 0 aromatic heterocycles. The van der Waals surface area contributed by atoms with Gasteiger partial charge in [-0.05, 0) is 29.3 Å². The molecule has 1 amide bonds. The number of hydrogen-bond acceptors (Lipinski definition) is 4. The molecule has 2 aromatic carbocycles. The molecule has 138 valence electrons. The van der Waals surface area contributed by atoms with Crippen molar-refractivity contribution in [2.24, 2.45) is 0 Å². The lowest BCUT2D eigenvalue weighted by Crippen LogP contribution is -2.43. The molecule has 0 saturated heterocycles. The average Bonchev–Trinajstić information content (AvgIpc) is 2.64. The number of ether oxygens (including phenoxy) is 2. The van der Waals surface area contributed by atoms with E-state index in [9.17, 15) is 18.4 Å². The summed E-state index contributed by atoms with van der Waals surface area (Å²) in [5.41, 5.74) is 1.01. The quantitative estimate of drug-likeness (QED) is 0.768. The zero-order valence-corrected chi connectivity index (χ0v) is 14.4. The Bertz CT molecular complexity index is 795. The fourth-order valence-electron chi connectivity index (χ4n) is 2.51. The molecule has 0 heterocycles. The van der Waals surface area contributed by atoms with Crippen LogP contribution in [-0.4, -0.2) is 32.1 Å². The van der Waals surface area contributed by atoms with Crippen molar-refractivity contribution in [3.8, 4) is 5.75 Å². The second-order valence-corrected chi connectivity index (χ2v) is 5.58. The van der Waals surface area contributed by atoms with Gasteiger partial charge in [0, 0.05) is 6.42 Å². The van der Waals surface area contributed by atoms with Crippen molar-refractivity contribution in [1.82, 2.24) is 5.32 Å². The third-order valence-electron chi connectivity index (χ3n) is 3.79. The van der Waals surface area contributed by atoms with Crippen LogP contribution in [0.4, 0.5) is 8.78 Å². The topological polar surface area (TPSA) is 64.6 Å². The Morgan fingerprint density at radius 3 is 2.46 bits per heavy atom. The lowest BCUT2D eigenvalue weighted by molar-refractivity contribution is -0.145. The highest BCUT2D eigenvalue weighted by Gasteiger charge is 2.23. The van der Waals surface area contributed by atoms with Gasteiger partial charge in [-0.1, -0.05) is 24.3 Å². The second-order valence-electron chi connectivity index (χ2n) is 5.58. The van der Waals surface area contributed by atoms with Gasteiger partial charge in [-0.3, -0.25) is 4.79 Å². The van der Waals surface area contributed by atoms with Gasteiger partial charge in [-0.2, -0.15) is 0 Å². The van der Waals surface area contributed by atoms with Crippen LogP contribution in [-0.2, 0) is 27.2 Å². The maximum atomic E-state index is 13.3. The van der Waals surface area contributed by atoms with Crippen LogP contribution in [0.25, 0.3) is 0 Å². The number of benzene rings is 2. The number of hydrogen-bond donors (Lipinski definition) is 1. The first-order chi connectivity index (χ1) is 12.4. The Balaban J connectivity index is 2.10. The summed E-state index contributed by atoms with van der Waals surface area (Å²) in [4.78, 5) is 24.2. The highest BCUT2D eigenvalue weighted by molar-refractivity contribution is 5.85. The normalized spacial score (nSPS) is 11.5. The summed E-state index contributed by atoms with van der Waals surface area (Å²) in [5, 5.41) is 2.56. The van der Waals surface area contributed by atoms with Gasteiger partial charge in [0.25, 0.3) is 0 Å². The van der Waals surface area contributed by atoms with E-state index < -0.39 is 29.6 Å². The SMILES string of the molecule is COC(=O)[C@H](Cc1ccccc1OC)NC(=O)Cc1ccc(F)c(F)c1. The van der Waals surface area contributed by atoms with Gasteiger partial charge in [0.15, 0.2) is 11.6 Å². The molecule has 0 bridgehead atoms. The fraction of sp³-hybridized carbons (Fsp3) is 0.263. The number of esters is 1. The number of nitrogens with one attached hydrogen (secondary N) is 1. The van der Waals surface area contributed by atoms with Crippen LogP contribution >= 0.6 is 0 Å². The Morgan fingerprint density at radius 1 is 1.08 bits per heavy atom. The Labute approximate surface area is 149 Å². The number of methoxy groups -OCH3 is 2. The lowest BCUT2D eigenvalue weighted by atomic mass is 10.0. The highest BCUT2D eigenvalue weighted by atomic mass is 19.2. The first-order valence-electron chi connectivity index (χ1n) is 7.87. The molecule has 2 aromatic rings. The minimum atomic E-state index is -1.03. The van der Waals surface area contributed by atoms with E-state index in [1.165, 1.54) is 20.3 Å². The molecule has 0 aliphatic heterocycles. The molecule has 0 unspecified atom stereocenters. The van der Waals surface area contributed by atoms with Crippen LogP contribution in [0.5, 0.6) is 5.75 Å². The molecule has 0 saturated carbocycles. The smallest absolute Gasteiger partial charge is 0.328 e. The molecule has 1 atom stereocenters. The van der Waals surface area contributed by atoms with Gasteiger partial charge < -0.3 is 14.8 Å². The molecule has 7 heteroatoms. The second kappa shape index (κ2) is 8.94. The summed E-state index contributed by atoms with van der Waals surface area (Å²) in [5.74, 6) is -2.57. The average molecular weight is 363 g/mol. The van der Waals surface area contributed by atoms with Crippen molar-refractivity contribution in [2.75, 3.05) is 14.2 Å². The number of rotatable bonds is 7. The Kier molecular flexibility index (Phi) is 6.66. The van der Waals surface area contributed by atoms with Gasteiger partial charge in [-0.15, -0.1) is 0 Å². The molecule has 5 nitrogen and oxygen atoms in total. The first kappa shape index (κ1) is 19.4. The number of halogens is 2. The van der Waals surface area contributed by atoms with E-state index >= 15 is 0 Å². The molecule has 26 heavy (non-hydrogen) atoms. The molecule has 2 rings (SSSR count). The summed E-state index contributed by atoms with van der Waals surface area (Å²) < 4.78 is 36.2. The zero-order valence-electron chi connectivity index (χ0n) is 14.4. The summed E-state index contributed by atoms with van der Waals surface area (Å²) in [6, 6.07) is 9.36. The van der Waals surface area contributed by atoms with E-state index in [-0.39, 0.29) is 12.8 Å². The van der Waals surface area contributed by atoms with Crippen molar-refractivity contribution >= 4 is 11.9 Å². The standard InChI is InChI=1S/C19H19F2NO4/c1-25-17-6-4-3-5-13(17)11-16(19(24)26-2)22-18(23)10-12-7-8-14(20)15(21)9-12/h3-9,16H,10-11H2,1-2H3,(H,22,23)/t16-/m0/s1. The third-order valence-corrected chi connectivity index (χ3v) is 3.79. The van der Waals surface area contributed by atoms with Gasteiger partial charge in [0.2, 0.25) is 5.91 Å². The largest absolute Gasteiger partial charge is 0.496 e. The summed E-state index contributed by atoms with van der Waals surface area (Å²) in [6.45, 7) is 0. The van der Waals surface area contributed by atoms with E-state index in [1.54, 1.807) is 24.3 Å². The monoisotopic (exact) mass is 363 g/mol. The van der Waals surface area contributed by atoms with Crippen LogP contribution in [0, 0.1) is 11.6 Å². The van der Waals surface area contributed by atoms with Crippen molar-refractivity contribution < 1.29 is 27.8 Å². The van der Waals surface area contributed by atoms with E-state index in [0.717, 1.165) is 17.7 Å². The molecule has 0 aliphatic carbocycles. The van der Waals surface area contributed by atoms with E-state index in [1.807, 2.05) is 0 Å². The predicted octanol–water partition coefficient (Wildman–Crippen LogP) is 2.42. The predicted molar refractivity (Wildman–Crippen MR) is 90.7 cm³/mol. The summed E-state index contributed by atoms with van der Waals surface area (Å²) in [6.07, 6.45) is -0.0309. The van der Waals surface area contributed by atoms with Crippen LogP contribution in [0.2, 0.25) is 0 Å². The zero-order chi connectivity index (χ0) is 19.1. The van der Waals surface area contributed by atoms with Gasteiger partial charge in [0.1, 0.15) is 11.8 Å². The Morgan fingerprint density at radius 2 is 1.81 bits per heavy atom. The lowest BCUT2D eigenvalue weighted by Gasteiger charge is -2.18. The van der Waals surface area contributed by atoms with Crippen molar-refractivity contribution in [3.63, 3.8) is 0 Å². The third kappa shape index (κ3) is 5.02. The molecule has 0 fully saturated rings. The summed E-state index contributed by atoms with van der Waals surface area (Å²) >= 11 is 0. The minimum absolute atomic E-state index is 0.167. The fourth-order valence-corrected chi connectivity index (χ4v) is 2.51. The molecule has 0 aliphatic rings. The number of carbonyl (C=O) groups excluding carboxylic acids is 2. The first-order valence-corrected chi connectivity index (χ1v) is 7.87. The number of amides is 1. The minimum Gasteiger partial charge on any atom is -0.496 e. The molecule has 0 radical (unpaired) electrons. The molecule has 0 spiro atoms. The van der Waals surface area contributed by atoms with Crippen molar-refractivity contribution in [3.05, 3.63) is 65.2 Å². The number of carbonyl (C=O) groups is 2. The molecular formula is C19H19F2NO4. The van der Waals surface area contributed by atoms with Gasteiger partial charge in [-0.25, -0.2) is 13.6 Å². The van der Waals surface area contributed by atoms with Crippen molar-refractivity contribution in [1.29, 1.82) is 0 Å². The summed E-state index contributed by atoms with van der Waals surface area (Å²) in [7, 11) is 2.73. The van der Waals surface area contributed by atoms with E-state index in [0.29, 0.717) is 11.3 Å². The van der Waals surface area contributed by atoms with Crippen LogP contribution in [0.15, 0.2) is 42.5 Å². The van der Waals surface area contributed by atoms with E-state index in [2.05, 4.69) is 5.32 Å². The van der Waals surface area contributed by atoms with Crippen LogP contribution < -0.4 is 10.1 Å². The van der Waals surface area contributed by atoms with E-state index in [4.69, 9.17) is 9.47 Å². The molecule has 1 N–H and O–H groups in total. The Hall–Kier alpha value is -2.96. The number of para-hydroxylation sites is 1. The maximum absolute atomic E-state index is 13.3.